The van der Waals surface area contributed by atoms with E-state index >= 15 is 0 Å². The number of para-hydroxylation sites is 1. The quantitative estimate of drug-likeness (QED) is 0.756. The molecule has 1 amide bonds. The van der Waals surface area contributed by atoms with Crippen LogP contribution in [-0.2, 0) is 11.2 Å². The fourth-order valence-electron chi connectivity index (χ4n) is 1.79. The molecule has 22 heavy (non-hydrogen) atoms. The molecule has 0 aliphatic carbocycles. The Balaban J connectivity index is 1.78. The zero-order valence-corrected chi connectivity index (χ0v) is 13.2. The van der Waals surface area contributed by atoms with Crippen molar-refractivity contribution >= 4 is 22.4 Å². The molecule has 0 aliphatic heterocycles. The molecule has 7 heteroatoms. The number of amides is 1. The summed E-state index contributed by atoms with van der Waals surface area (Å²) in [5.74, 6) is -0.834. The molecule has 2 aromatic rings. The number of nitrogens with zero attached hydrogens (tertiary/aromatic N) is 2. The van der Waals surface area contributed by atoms with E-state index in [1.807, 2.05) is 0 Å². The summed E-state index contributed by atoms with van der Waals surface area (Å²) in [5, 5.41) is 11.9. The Labute approximate surface area is 132 Å². The topological polar surface area (TPSA) is 64.1 Å². The number of carbonyl (C=O) groups excluding carboxylic acids is 1. The molecule has 0 atom stereocenters. The van der Waals surface area contributed by atoms with Crippen LogP contribution < -0.4 is 10.1 Å². The van der Waals surface area contributed by atoms with Gasteiger partial charge in [0.15, 0.2) is 18.2 Å². The van der Waals surface area contributed by atoms with Gasteiger partial charge in [0.25, 0.3) is 5.91 Å². The van der Waals surface area contributed by atoms with E-state index in [2.05, 4.69) is 22.4 Å². The third kappa shape index (κ3) is 5.07. The Morgan fingerprint density at radius 3 is 2.91 bits per heavy atom. The van der Waals surface area contributed by atoms with Crippen molar-refractivity contribution in [1.82, 2.24) is 10.2 Å². The third-order valence-electron chi connectivity index (χ3n) is 2.90. The average Bonchev–Trinajstić information content (AvgIpc) is 2.94. The standard InChI is InChI=1S/C15H18FN3O2S/c1-2-3-4-9-14-18-19-15(22-14)17-13(20)10-21-12-8-6-5-7-11(12)16/h5-8H,2-4,9-10H2,1H3,(H,17,19,20). The van der Waals surface area contributed by atoms with E-state index in [0.29, 0.717) is 5.13 Å². The second-order valence-electron chi connectivity index (χ2n) is 4.73. The molecule has 1 N–H and O–H groups in total. The van der Waals surface area contributed by atoms with E-state index in [-0.39, 0.29) is 18.3 Å². The summed E-state index contributed by atoms with van der Waals surface area (Å²) in [4.78, 5) is 11.7. The van der Waals surface area contributed by atoms with Crippen molar-refractivity contribution in [3.8, 4) is 5.75 Å². The highest BCUT2D eigenvalue weighted by Crippen LogP contribution is 2.18. The normalized spacial score (nSPS) is 10.5. The van der Waals surface area contributed by atoms with E-state index in [1.165, 1.54) is 23.5 Å². The summed E-state index contributed by atoms with van der Waals surface area (Å²) in [6.45, 7) is 1.87. The van der Waals surface area contributed by atoms with E-state index < -0.39 is 5.82 Å². The van der Waals surface area contributed by atoms with Gasteiger partial charge in [0.2, 0.25) is 5.13 Å². The molecule has 0 bridgehead atoms. The highest BCUT2D eigenvalue weighted by molar-refractivity contribution is 7.15. The van der Waals surface area contributed by atoms with Gasteiger partial charge in [-0.05, 0) is 18.6 Å². The summed E-state index contributed by atoms with van der Waals surface area (Å²) in [6.07, 6.45) is 4.23. The minimum Gasteiger partial charge on any atom is -0.481 e. The molecule has 2 rings (SSSR count). The van der Waals surface area contributed by atoms with Gasteiger partial charge < -0.3 is 4.74 Å². The number of nitrogens with one attached hydrogen (secondary N) is 1. The van der Waals surface area contributed by atoms with Crippen molar-refractivity contribution in [2.75, 3.05) is 11.9 Å². The first-order chi connectivity index (χ1) is 10.7. The van der Waals surface area contributed by atoms with Crippen LogP contribution in [0.1, 0.15) is 31.2 Å². The number of rotatable bonds is 8. The molecular formula is C15H18FN3O2S. The molecular weight excluding hydrogens is 305 g/mol. The van der Waals surface area contributed by atoms with Gasteiger partial charge in [0.05, 0.1) is 0 Å². The number of unbranched alkanes of at least 4 members (excludes halogenated alkanes) is 2. The van der Waals surface area contributed by atoms with Gasteiger partial charge >= 0.3 is 0 Å². The summed E-state index contributed by atoms with van der Waals surface area (Å²) in [7, 11) is 0. The molecule has 0 spiro atoms. The van der Waals surface area contributed by atoms with Crippen LogP contribution in [0.3, 0.4) is 0 Å². The molecule has 0 saturated heterocycles. The maximum absolute atomic E-state index is 13.3. The molecule has 0 aliphatic rings. The van der Waals surface area contributed by atoms with Crippen LogP contribution in [0, 0.1) is 5.82 Å². The number of carbonyl (C=O) groups is 1. The van der Waals surface area contributed by atoms with Gasteiger partial charge in [-0.25, -0.2) is 4.39 Å². The van der Waals surface area contributed by atoms with Crippen molar-refractivity contribution in [3.05, 3.63) is 35.1 Å². The van der Waals surface area contributed by atoms with Crippen LogP contribution in [0.2, 0.25) is 0 Å². The van der Waals surface area contributed by atoms with Gasteiger partial charge in [-0.2, -0.15) is 0 Å². The number of ether oxygens (including phenoxy) is 1. The molecule has 1 heterocycles. The summed E-state index contributed by atoms with van der Waals surface area (Å²) in [6, 6.07) is 5.95. The lowest BCUT2D eigenvalue weighted by molar-refractivity contribution is -0.118. The van der Waals surface area contributed by atoms with E-state index in [9.17, 15) is 9.18 Å². The highest BCUT2D eigenvalue weighted by atomic mass is 32.1. The predicted octanol–water partition coefficient (Wildman–Crippen LogP) is 3.43. The molecule has 118 valence electrons. The lowest BCUT2D eigenvalue weighted by atomic mass is 10.2. The van der Waals surface area contributed by atoms with Crippen molar-refractivity contribution in [3.63, 3.8) is 0 Å². The Hall–Kier alpha value is -2.02. The van der Waals surface area contributed by atoms with Crippen molar-refractivity contribution in [2.45, 2.75) is 32.6 Å². The lowest BCUT2D eigenvalue weighted by Crippen LogP contribution is -2.20. The zero-order chi connectivity index (χ0) is 15.8. The van der Waals surface area contributed by atoms with Crippen LogP contribution in [0.4, 0.5) is 9.52 Å². The lowest BCUT2D eigenvalue weighted by Gasteiger charge is -2.05. The van der Waals surface area contributed by atoms with Crippen LogP contribution in [0.25, 0.3) is 0 Å². The van der Waals surface area contributed by atoms with E-state index in [0.717, 1.165) is 30.7 Å². The Morgan fingerprint density at radius 1 is 1.32 bits per heavy atom. The largest absolute Gasteiger partial charge is 0.481 e. The molecule has 0 saturated carbocycles. The first-order valence-corrected chi connectivity index (χ1v) is 8.00. The summed E-state index contributed by atoms with van der Waals surface area (Å²) in [5.41, 5.74) is 0. The Bertz CT molecular complexity index is 618. The first-order valence-electron chi connectivity index (χ1n) is 7.18. The number of anilines is 1. The molecule has 0 radical (unpaired) electrons. The van der Waals surface area contributed by atoms with Crippen LogP contribution in [0.5, 0.6) is 5.75 Å². The minimum atomic E-state index is -0.496. The summed E-state index contributed by atoms with van der Waals surface area (Å²) >= 11 is 1.35. The number of halogens is 1. The molecule has 5 nitrogen and oxygen atoms in total. The van der Waals surface area contributed by atoms with Crippen molar-refractivity contribution in [1.29, 1.82) is 0 Å². The maximum Gasteiger partial charge on any atom is 0.264 e. The molecule has 0 unspecified atom stereocenters. The van der Waals surface area contributed by atoms with Crippen LogP contribution >= 0.6 is 11.3 Å². The fraction of sp³-hybridized carbons (Fsp3) is 0.400. The number of aromatic nitrogens is 2. The molecule has 1 aromatic heterocycles. The van der Waals surface area contributed by atoms with Crippen molar-refractivity contribution < 1.29 is 13.9 Å². The van der Waals surface area contributed by atoms with Gasteiger partial charge in [-0.3, -0.25) is 10.1 Å². The van der Waals surface area contributed by atoms with Crippen LogP contribution in [0.15, 0.2) is 24.3 Å². The first kappa shape index (κ1) is 16.4. The number of hydrogen-bond donors (Lipinski definition) is 1. The van der Waals surface area contributed by atoms with Crippen LogP contribution in [-0.4, -0.2) is 22.7 Å². The SMILES string of the molecule is CCCCCc1nnc(NC(=O)COc2ccccc2F)s1. The Morgan fingerprint density at radius 2 is 2.14 bits per heavy atom. The molecule has 1 aromatic carbocycles. The van der Waals surface area contributed by atoms with E-state index in [4.69, 9.17) is 4.74 Å². The highest BCUT2D eigenvalue weighted by Gasteiger charge is 2.10. The third-order valence-corrected chi connectivity index (χ3v) is 3.80. The van der Waals surface area contributed by atoms with Gasteiger partial charge in [-0.1, -0.05) is 43.2 Å². The predicted molar refractivity (Wildman–Crippen MR) is 83.7 cm³/mol. The van der Waals surface area contributed by atoms with Gasteiger partial charge in [0.1, 0.15) is 5.01 Å². The second kappa shape index (κ2) is 8.43. The number of hydrogen-bond acceptors (Lipinski definition) is 5. The monoisotopic (exact) mass is 323 g/mol. The maximum atomic E-state index is 13.3. The average molecular weight is 323 g/mol. The van der Waals surface area contributed by atoms with Gasteiger partial charge in [-0.15, -0.1) is 10.2 Å². The summed E-state index contributed by atoms with van der Waals surface area (Å²) < 4.78 is 18.5. The van der Waals surface area contributed by atoms with Crippen molar-refractivity contribution in [2.24, 2.45) is 0 Å². The Kier molecular flexibility index (Phi) is 6.27. The zero-order valence-electron chi connectivity index (χ0n) is 12.3. The minimum absolute atomic E-state index is 0.0511. The second-order valence-corrected chi connectivity index (χ2v) is 5.79. The van der Waals surface area contributed by atoms with Gasteiger partial charge in [0, 0.05) is 6.42 Å². The molecule has 0 fully saturated rings. The number of aryl methyl sites for hydroxylation is 1. The van der Waals surface area contributed by atoms with E-state index in [1.54, 1.807) is 12.1 Å². The smallest absolute Gasteiger partial charge is 0.264 e. The fourth-order valence-corrected chi connectivity index (χ4v) is 2.59. The number of benzene rings is 1.